The molecule has 0 radical (unpaired) electrons. The van der Waals surface area contributed by atoms with Crippen LogP contribution >= 0.6 is 0 Å². The van der Waals surface area contributed by atoms with Crippen LogP contribution in [0.25, 0.3) is 5.69 Å². The normalized spacial score (nSPS) is 18.9. The van der Waals surface area contributed by atoms with Crippen LogP contribution in [-0.4, -0.2) is 47.6 Å². The second kappa shape index (κ2) is 10.1. The number of hydrogen-bond acceptors (Lipinski definition) is 5. The maximum Gasteiger partial charge on any atom is 0.191 e. The van der Waals surface area contributed by atoms with Gasteiger partial charge in [-0.05, 0) is 51.7 Å². The molecule has 2 aromatic rings. The molecule has 0 saturated carbocycles. The third kappa shape index (κ3) is 5.30. The number of aryl methyl sites for hydroxylation is 1. The number of aromatic nitrogens is 2. The summed E-state index contributed by atoms with van der Waals surface area (Å²) in [7, 11) is 0. The van der Waals surface area contributed by atoms with Crippen molar-refractivity contribution in [1.29, 1.82) is 5.26 Å². The quantitative estimate of drug-likeness (QED) is 0.350. The van der Waals surface area contributed by atoms with Crippen molar-refractivity contribution >= 4 is 11.8 Å². The van der Waals surface area contributed by atoms with Crippen LogP contribution in [0.5, 0.6) is 0 Å². The molecule has 1 saturated heterocycles. The van der Waals surface area contributed by atoms with Gasteiger partial charge in [-0.2, -0.15) is 10.4 Å². The lowest BCUT2D eigenvalue weighted by Gasteiger charge is -2.21. The molecule has 160 valence electrons. The molecule has 0 amide bonds. The van der Waals surface area contributed by atoms with Crippen molar-refractivity contribution in [2.24, 2.45) is 4.99 Å². The average molecular weight is 410 g/mol. The van der Waals surface area contributed by atoms with Gasteiger partial charge in [-0.25, -0.2) is 4.68 Å². The number of aliphatic imine (C=N–C) groups is 1. The average Bonchev–Trinajstić information content (AvgIpc) is 3.33. The number of ether oxygens (including phenoxy) is 1. The van der Waals surface area contributed by atoms with Crippen LogP contribution in [0.3, 0.4) is 0 Å². The SMILES string of the molecule is CCNC(=NCC1(C)CCCO1)NCCCc1nn(-c2ccccc2)c(N)c1C#N. The van der Waals surface area contributed by atoms with E-state index in [1.165, 1.54) is 0 Å². The van der Waals surface area contributed by atoms with E-state index in [0.717, 1.165) is 49.8 Å². The molecule has 0 bridgehead atoms. The fourth-order valence-electron chi connectivity index (χ4n) is 3.55. The smallest absolute Gasteiger partial charge is 0.191 e. The topological polar surface area (TPSA) is 113 Å². The summed E-state index contributed by atoms with van der Waals surface area (Å²) in [5.41, 5.74) is 8.03. The van der Waals surface area contributed by atoms with Crippen molar-refractivity contribution in [3.63, 3.8) is 0 Å². The van der Waals surface area contributed by atoms with Crippen LogP contribution < -0.4 is 16.4 Å². The molecule has 30 heavy (non-hydrogen) atoms. The number of nitriles is 1. The van der Waals surface area contributed by atoms with Crippen LogP contribution in [0.4, 0.5) is 5.82 Å². The van der Waals surface area contributed by atoms with E-state index in [9.17, 15) is 5.26 Å². The van der Waals surface area contributed by atoms with E-state index in [1.54, 1.807) is 4.68 Å². The van der Waals surface area contributed by atoms with E-state index in [1.807, 2.05) is 37.3 Å². The van der Waals surface area contributed by atoms with Crippen LogP contribution in [0.15, 0.2) is 35.3 Å². The lowest BCUT2D eigenvalue weighted by Crippen LogP contribution is -2.39. The molecule has 1 aliphatic rings. The molecule has 1 atom stereocenters. The van der Waals surface area contributed by atoms with E-state index >= 15 is 0 Å². The van der Waals surface area contributed by atoms with Gasteiger partial charge in [0.25, 0.3) is 0 Å². The zero-order valence-corrected chi connectivity index (χ0v) is 17.8. The minimum atomic E-state index is -0.161. The molecule has 1 aromatic heterocycles. The molecular formula is C22H31N7O. The van der Waals surface area contributed by atoms with Gasteiger partial charge < -0.3 is 21.1 Å². The van der Waals surface area contributed by atoms with Gasteiger partial charge in [-0.15, -0.1) is 0 Å². The molecule has 1 unspecified atom stereocenters. The Hall–Kier alpha value is -3.05. The summed E-state index contributed by atoms with van der Waals surface area (Å²) in [6.07, 6.45) is 3.59. The number of anilines is 1. The van der Waals surface area contributed by atoms with Crippen LogP contribution in [0.2, 0.25) is 0 Å². The largest absolute Gasteiger partial charge is 0.382 e. The summed E-state index contributed by atoms with van der Waals surface area (Å²) in [5, 5.41) is 20.7. The van der Waals surface area contributed by atoms with E-state index in [0.29, 0.717) is 30.9 Å². The predicted molar refractivity (Wildman–Crippen MR) is 119 cm³/mol. The second-order valence-electron chi connectivity index (χ2n) is 7.69. The zero-order chi connectivity index (χ0) is 21.4. The fraction of sp³-hybridized carbons (Fsp3) is 0.500. The standard InChI is InChI=1S/C22H31N7O/c1-3-25-21(27-16-22(2)12-8-14-30-22)26-13-7-11-19-18(15-23)20(24)29(28-19)17-9-5-4-6-10-17/h4-6,9-10H,3,7-8,11-14,16,24H2,1-2H3,(H2,25,26,27). The van der Waals surface area contributed by atoms with Gasteiger partial charge in [0.05, 0.1) is 23.5 Å². The minimum absolute atomic E-state index is 0.161. The Balaban J connectivity index is 1.58. The van der Waals surface area contributed by atoms with Crippen molar-refractivity contribution < 1.29 is 4.74 Å². The molecule has 2 heterocycles. The van der Waals surface area contributed by atoms with E-state index < -0.39 is 0 Å². The monoisotopic (exact) mass is 409 g/mol. The third-order valence-electron chi connectivity index (χ3n) is 5.21. The Bertz CT molecular complexity index is 892. The zero-order valence-electron chi connectivity index (χ0n) is 17.8. The van der Waals surface area contributed by atoms with Gasteiger partial charge in [0, 0.05) is 19.7 Å². The van der Waals surface area contributed by atoms with E-state index in [4.69, 9.17) is 10.5 Å². The maximum absolute atomic E-state index is 9.53. The first-order valence-electron chi connectivity index (χ1n) is 10.6. The number of nitrogen functional groups attached to an aromatic ring is 1. The maximum atomic E-state index is 9.53. The highest BCUT2D eigenvalue weighted by Crippen LogP contribution is 2.25. The number of para-hydroxylation sites is 1. The van der Waals surface area contributed by atoms with Gasteiger partial charge in [0.2, 0.25) is 0 Å². The molecule has 0 spiro atoms. The summed E-state index contributed by atoms with van der Waals surface area (Å²) in [6.45, 7) is 7.12. The molecule has 1 fully saturated rings. The number of hydrogen-bond donors (Lipinski definition) is 3. The lowest BCUT2D eigenvalue weighted by molar-refractivity contribution is 0.0283. The molecule has 1 aromatic carbocycles. The number of guanidine groups is 1. The summed E-state index contributed by atoms with van der Waals surface area (Å²) < 4.78 is 7.45. The van der Waals surface area contributed by atoms with E-state index in [-0.39, 0.29) is 5.60 Å². The molecule has 1 aliphatic heterocycles. The number of rotatable bonds is 8. The highest BCUT2D eigenvalue weighted by Gasteiger charge is 2.29. The molecule has 8 heteroatoms. The van der Waals surface area contributed by atoms with Gasteiger partial charge >= 0.3 is 0 Å². The van der Waals surface area contributed by atoms with Crippen molar-refractivity contribution in [2.75, 3.05) is 32.0 Å². The minimum Gasteiger partial charge on any atom is -0.382 e. The predicted octanol–water partition coefficient (Wildman–Crippen LogP) is 2.38. The van der Waals surface area contributed by atoms with Crippen molar-refractivity contribution in [3.05, 3.63) is 41.6 Å². The fourth-order valence-corrected chi connectivity index (χ4v) is 3.55. The summed E-state index contributed by atoms with van der Waals surface area (Å²) in [4.78, 5) is 4.68. The van der Waals surface area contributed by atoms with E-state index in [2.05, 4.69) is 33.7 Å². The third-order valence-corrected chi connectivity index (χ3v) is 5.21. The first-order valence-corrected chi connectivity index (χ1v) is 10.6. The lowest BCUT2D eigenvalue weighted by atomic mass is 10.0. The van der Waals surface area contributed by atoms with Gasteiger partial charge in [0.15, 0.2) is 5.96 Å². The number of benzene rings is 1. The van der Waals surface area contributed by atoms with Gasteiger partial charge in [0.1, 0.15) is 17.5 Å². The van der Waals surface area contributed by atoms with Crippen molar-refractivity contribution in [1.82, 2.24) is 20.4 Å². The molecule has 3 rings (SSSR count). The first-order chi connectivity index (χ1) is 14.6. The van der Waals surface area contributed by atoms with Crippen molar-refractivity contribution in [2.45, 2.75) is 45.1 Å². The highest BCUT2D eigenvalue weighted by molar-refractivity contribution is 5.79. The summed E-state index contributed by atoms with van der Waals surface area (Å²) in [6, 6.07) is 11.8. The Morgan fingerprint density at radius 1 is 1.37 bits per heavy atom. The Morgan fingerprint density at radius 3 is 2.83 bits per heavy atom. The summed E-state index contributed by atoms with van der Waals surface area (Å²) in [5.74, 6) is 1.16. The number of nitrogens with zero attached hydrogens (tertiary/aromatic N) is 4. The molecule has 0 aliphatic carbocycles. The van der Waals surface area contributed by atoms with Crippen molar-refractivity contribution in [3.8, 4) is 11.8 Å². The Morgan fingerprint density at radius 2 is 2.17 bits per heavy atom. The van der Waals surface area contributed by atoms with Crippen LogP contribution in [-0.2, 0) is 11.2 Å². The molecule has 8 nitrogen and oxygen atoms in total. The number of nitrogens with two attached hydrogens (primary N) is 1. The summed E-state index contributed by atoms with van der Waals surface area (Å²) >= 11 is 0. The van der Waals surface area contributed by atoms with Crippen LogP contribution in [0, 0.1) is 11.3 Å². The Kier molecular flexibility index (Phi) is 7.31. The van der Waals surface area contributed by atoms with Gasteiger partial charge in [-0.1, -0.05) is 18.2 Å². The highest BCUT2D eigenvalue weighted by atomic mass is 16.5. The molecular weight excluding hydrogens is 378 g/mol. The van der Waals surface area contributed by atoms with Gasteiger partial charge in [-0.3, -0.25) is 4.99 Å². The Labute approximate surface area is 178 Å². The first kappa shape index (κ1) is 21.7. The molecule has 4 N–H and O–H groups in total. The number of nitrogens with one attached hydrogen (secondary N) is 2. The van der Waals surface area contributed by atoms with Crippen LogP contribution in [0.1, 0.15) is 44.4 Å². The second-order valence-corrected chi connectivity index (χ2v) is 7.69.